The third-order valence-corrected chi connectivity index (χ3v) is 3.34. The Morgan fingerprint density at radius 2 is 2.11 bits per heavy atom. The van der Waals surface area contributed by atoms with Crippen molar-refractivity contribution >= 4 is 16.9 Å². The molecular weight excluding hydrogens is 249 g/mol. The molecule has 1 aromatic heterocycles. The van der Waals surface area contributed by atoms with Crippen LogP contribution in [0.1, 0.15) is 24.6 Å². The number of carbonyl (C=O) groups is 1. The predicted molar refractivity (Wildman–Crippen MR) is 67.8 cm³/mol. The third-order valence-electron chi connectivity index (χ3n) is 3.34. The third kappa shape index (κ3) is 2.12. The Labute approximate surface area is 108 Å². The minimum atomic E-state index is -0.996. The zero-order valence-electron chi connectivity index (χ0n) is 10.1. The molecule has 0 unspecified atom stereocenters. The van der Waals surface area contributed by atoms with Crippen molar-refractivity contribution in [2.24, 2.45) is 0 Å². The number of fused-ring (bicyclic) bond motifs is 1. The Morgan fingerprint density at radius 3 is 2.74 bits per heavy atom. The van der Waals surface area contributed by atoms with Gasteiger partial charge in [-0.25, -0.2) is 4.39 Å². The van der Waals surface area contributed by atoms with Gasteiger partial charge in [0.2, 0.25) is 0 Å². The first-order valence-electron chi connectivity index (χ1n) is 6.12. The van der Waals surface area contributed by atoms with Crippen LogP contribution in [0.25, 0.3) is 10.9 Å². The number of carboxylic acids is 1. The van der Waals surface area contributed by atoms with Crippen LogP contribution in [0.5, 0.6) is 0 Å². The quantitative estimate of drug-likeness (QED) is 0.920. The molecule has 1 aliphatic rings. The summed E-state index contributed by atoms with van der Waals surface area (Å²) < 4.78 is 15.2. The summed E-state index contributed by atoms with van der Waals surface area (Å²) in [5, 5.41) is 9.35. The fourth-order valence-corrected chi connectivity index (χ4v) is 2.42. The molecule has 5 heteroatoms. The van der Waals surface area contributed by atoms with E-state index in [-0.39, 0.29) is 17.9 Å². The second-order valence-electron chi connectivity index (χ2n) is 4.83. The second kappa shape index (κ2) is 4.19. The molecule has 1 aromatic carbocycles. The first-order valence-corrected chi connectivity index (χ1v) is 6.12. The lowest BCUT2D eigenvalue weighted by atomic mass is 10.1. The molecule has 4 nitrogen and oxygen atoms in total. The molecule has 98 valence electrons. The number of carboxylic acid groups (broad SMARTS) is 1. The average molecular weight is 261 g/mol. The van der Waals surface area contributed by atoms with Gasteiger partial charge in [-0.05, 0) is 31.0 Å². The summed E-state index contributed by atoms with van der Waals surface area (Å²) in [5.41, 5.74) is 0.674. The van der Waals surface area contributed by atoms with Crippen molar-refractivity contribution in [3.63, 3.8) is 0 Å². The topological polar surface area (TPSA) is 59.3 Å². The van der Waals surface area contributed by atoms with E-state index in [9.17, 15) is 14.0 Å². The summed E-state index contributed by atoms with van der Waals surface area (Å²) in [5.74, 6) is -1.42. The normalized spacial score (nSPS) is 14.8. The molecule has 1 N–H and O–H groups in total. The van der Waals surface area contributed by atoms with Gasteiger partial charge in [0, 0.05) is 23.2 Å². The van der Waals surface area contributed by atoms with Gasteiger partial charge in [0.05, 0.1) is 11.9 Å². The second-order valence-corrected chi connectivity index (χ2v) is 4.83. The van der Waals surface area contributed by atoms with E-state index < -0.39 is 11.8 Å². The Kier molecular flexibility index (Phi) is 2.62. The molecule has 0 atom stereocenters. The summed E-state index contributed by atoms with van der Waals surface area (Å²) in [4.78, 5) is 22.8. The van der Waals surface area contributed by atoms with Crippen molar-refractivity contribution in [1.29, 1.82) is 0 Å². The van der Waals surface area contributed by atoms with Gasteiger partial charge in [-0.1, -0.05) is 0 Å². The Hall–Kier alpha value is -2.17. The zero-order valence-corrected chi connectivity index (χ0v) is 10.1. The van der Waals surface area contributed by atoms with Crippen LogP contribution in [0.2, 0.25) is 0 Å². The number of nitrogens with zero attached hydrogens (tertiary/aromatic N) is 1. The average Bonchev–Trinajstić information content (AvgIpc) is 3.12. The maximum absolute atomic E-state index is 13.4. The van der Waals surface area contributed by atoms with Crippen molar-refractivity contribution in [3.8, 4) is 0 Å². The highest BCUT2D eigenvalue weighted by atomic mass is 19.1. The van der Waals surface area contributed by atoms with Gasteiger partial charge >= 0.3 is 5.97 Å². The van der Waals surface area contributed by atoms with Crippen LogP contribution in [0, 0.1) is 5.82 Å². The maximum atomic E-state index is 13.4. The standard InChI is InChI=1S/C14H12FNO3/c15-8-1-4-11-12(5-8)16(9-2-3-9)10(6-13(11)17)7-14(18)19/h1,4-6,9H,2-3,7H2,(H,18,19). The molecule has 0 saturated heterocycles. The number of pyridine rings is 1. The van der Waals surface area contributed by atoms with Crippen molar-refractivity contribution < 1.29 is 14.3 Å². The number of aliphatic carboxylic acids is 1. The molecular formula is C14H12FNO3. The van der Waals surface area contributed by atoms with Gasteiger partial charge in [-0.2, -0.15) is 0 Å². The van der Waals surface area contributed by atoms with Crippen LogP contribution in [0.15, 0.2) is 29.1 Å². The fraction of sp³-hybridized carbons (Fsp3) is 0.286. The lowest BCUT2D eigenvalue weighted by Gasteiger charge is -2.15. The summed E-state index contributed by atoms with van der Waals surface area (Å²) >= 11 is 0. The van der Waals surface area contributed by atoms with Gasteiger partial charge < -0.3 is 9.67 Å². The highest BCUT2D eigenvalue weighted by Crippen LogP contribution is 2.38. The maximum Gasteiger partial charge on any atom is 0.309 e. The van der Waals surface area contributed by atoms with Gasteiger partial charge in [0.1, 0.15) is 5.82 Å². The molecule has 19 heavy (non-hydrogen) atoms. The van der Waals surface area contributed by atoms with E-state index in [4.69, 9.17) is 5.11 Å². The van der Waals surface area contributed by atoms with Crippen LogP contribution in [0.3, 0.4) is 0 Å². The van der Waals surface area contributed by atoms with Crippen molar-refractivity contribution in [1.82, 2.24) is 4.57 Å². The highest BCUT2D eigenvalue weighted by molar-refractivity contribution is 5.80. The molecule has 0 spiro atoms. The van der Waals surface area contributed by atoms with Crippen molar-refractivity contribution in [3.05, 3.63) is 46.0 Å². The number of benzene rings is 1. The summed E-state index contributed by atoms with van der Waals surface area (Å²) in [6, 6.07) is 5.54. The van der Waals surface area contributed by atoms with E-state index in [1.54, 1.807) is 4.57 Å². The highest BCUT2D eigenvalue weighted by Gasteiger charge is 2.27. The summed E-state index contributed by atoms with van der Waals surface area (Å²) in [6.07, 6.45) is 1.64. The SMILES string of the molecule is O=C(O)Cc1cc(=O)c2ccc(F)cc2n1C1CC1. The van der Waals surface area contributed by atoms with E-state index in [0.29, 0.717) is 16.6 Å². The minimum absolute atomic E-state index is 0.180. The van der Waals surface area contributed by atoms with Crippen LogP contribution in [-0.4, -0.2) is 15.6 Å². The molecule has 0 radical (unpaired) electrons. The number of hydrogen-bond acceptors (Lipinski definition) is 2. The summed E-state index contributed by atoms with van der Waals surface area (Å²) in [7, 11) is 0. The molecule has 0 aliphatic heterocycles. The number of hydrogen-bond donors (Lipinski definition) is 1. The Morgan fingerprint density at radius 1 is 1.37 bits per heavy atom. The molecule has 2 aromatic rings. The number of aromatic nitrogens is 1. The molecule has 0 bridgehead atoms. The minimum Gasteiger partial charge on any atom is -0.481 e. The monoisotopic (exact) mass is 261 g/mol. The van der Waals surface area contributed by atoms with Crippen LogP contribution in [0.4, 0.5) is 4.39 Å². The van der Waals surface area contributed by atoms with E-state index in [1.807, 2.05) is 0 Å². The molecule has 3 rings (SSSR count). The zero-order chi connectivity index (χ0) is 13.6. The van der Waals surface area contributed by atoms with Gasteiger partial charge in [-0.15, -0.1) is 0 Å². The molecule has 0 amide bonds. The van der Waals surface area contributed by atoms with Crippen LogP contribution in [-0.2, 0) is 11.2 Å². The van der Waals surface area contributed by atoms with E-state index in [2.05, 4.69) is 0 Å². The fourth-order valence-electron chi connectivity index (χ4n) is 2.42. The van der Waals surface area contributed by atoms with Crippen LogP contribution < -0.4 is 5.43 Å². The Bertz CT molecular complexity index is 731. The summed E-state index contributed by atoms with van der Waals surface area (Å²) in [6.45, 7) is 0. The molecule has 1 aliphatic carbocycles. The molecule has 1 heterocycles. The van der Waals surface area contributed by atoms with Gasteiger partial charge in [-0.3, -0.25) is 9.59 Å². The van der Waals surface area contributed by atoms with E-state index in [0.717, 1.165) is 12.8 Å². The van der Waals surface area contributed by atoms with Gasteiger partial charge in [0.15, 0.2) is 5.43 Å². The van der Waals surface area contributed by atoms with Crippen molar-refractivity contribution in [2.45, 2.75) is 25.3 Å². The molecule has 1 fully saturated rings. The lowest BCUT2D eigenvalue weighted by Crippen LogP contribution is -2.16. The van der Waals surface area contributed by atoms with Gasteiger partial charge in [0.25, 0.3) is 0 Å². The number of halogens is 1. The van der Waals surface area contributed by atoms with E-state index >= 15 is 0 Å². The molecule has 1 saturated carbocycles. The smallest absolute Gasteiger partial charge is 0.309 e. The predicted octanol–water partition coefficient (Wildman–Crippen LogP) is 2.10. The largest absolute Gasteiger partial charge is 0.481 e. The Balaban J connectivity index is 2.33. The lowest BCUT2D eigenvalue weighted by molar-refractivity contribution is -0.136. The van der Waals surface area contributed by atoms with E-state index in [1.165, 1.54) is 24.3 Å². The first-order chi connectivity index (χ1) is 9.06. The number of rotatable bonds is 3. The van der Waals surface area contributed by atoms with Crippen LogP contribution >= 0.6 is 0 Å². The first kappa shape index (κ1) is 11.9. The van der Waals surface area contributed by atoms with Crippen molar-refractivity contribution in [2.75, 3.05) is 0 Å².